The molecule has 0 saturated heterocycles. The molecule has 0 atom stereocenters. The Morgan fingerprint density at radius 3 is 2.18 bits per heavy atom. The van der Waals surface area contributed by atoms with Gasteiger partial charge in [0.05, 0.1) is 11.4 Å². The Morgan fingerprint density at radius 1 is 0.643 bits per heavy atom. The Bertz CT molecular complexity index is 1330. The number of fused-ring (bicyclic) bond motifs is 3. The summed E-state index contributed by atoms with van der Waals surface area (Å²) in [6.45, 7) is 6.24. The Hall–Kier alpha value is -3.46. The van der Waals surface area contributed by atoms with Gasteiger partial charge in [-0.3, -0.25) is 4.98 Å². The summed E-state index contributed by atoms with van der Waals surface area (Å²) < 4.78 is 6.27. The van der Waals surface area contributed by atoms with Crippen molar-refractivity contribution in [2.24, 2.45) is 0 Å². The Balaban J connectivity index is 1.76. The number of hydrogen-bond donors (Lipinski definition) is 0. The second-order valence-corrected chi connectivity index (χ2v) is 7.26. The number of nitrogens with zero attached hydrogens (tertiary/aromatic N) is 2. The molecule has 0 N–H and O–H groups in total. The summed E-state index contributed by atoms with van der Waals surface area (Å²) in [5.41, 5.74) is 8.94. The molecule has 0 spiro atoms. The van der Waals surface area contributed by atoms with Gasteiger partial charge in [0.2, 0.25) is 5.71 Å². The highest BCUT2D eigenvalue weighted by molar-refractivity contribution is 6.08. The van der Waals surface area contributed by atoms with Gasteiger partial charge in [-0.2, -0.15) is 0 Å². The zero-order valence-corrected chi connectivity index (χ0v) is 16.2. The van der Waals surface area contributed by atoms with Crippen LogP contribution in [0.4, 0.5) is 0 Å². The van der Waals surface area contributed by atoms with Gasteiger partial charge in [-0.15, -0.1) is 0 Å². The number of aromatic nitrogens is 2. The molecule has 0 bridgehead atoms. The number of benzene rings is 2. The Kier molecular flexibility index (Phi) is 3.76. The third-order valence-corrected chi connectivity index (χ3v) is 5.27. The van der Waals surface area contributed by atoms with Gasteiger partial charge in [0, 0.05) is 27.6 Å². The first-order valence-electron chi connectivity index (χ1n) is 9.45. The molecular weight excluding hydrogens is 344 g/mol. The van der Waals surface area contributed by atoms with Crippen LogP contribution in [0.3, 0.4) is 0 Å². The molecule has 0 fully saturated rings. The summed E-state index contributed by atoms with van der Waals surface area (Å²) in [7, 11) is 0. The molecule has 0 saturated carbocycles. The third kappa shape index (κ3) is 2.59. The highest BCUT2D eigenvalue weighted by Gasteiger charge is 2.15. The number of hydrogen-bond acceptors (Lipinski definition) is 3. The van der Waals surface area contributed by atoms with E-state index in [-0.39, 0.29) is 0 Å². The minimum atomic E-state index is 0.662. The van der Waals surface area contributed by atoms with Crippen LogP contribution in [0.15, 0.2) is 71.1 Å². The quantitative estimate of drug-likeness (QED) is 0.353. The lowest BCUT2D eigenvalue weighted by molar-refractivity contribution is 0.655. The normalized spacial score (nSPS) is 11.4. The average Bonchev–Trinajstić information content (AvgIpc) is 3.06. The van der Waals surface area contributed by atoms with E-state index in [1.54, 1.807) is 0 Å². The molecule has 3 heterocycles. The van der Waals surface area contributed by atoms with Gasteiger partial charge >= 0.3 is 0 Å². The van der Waals surface area contributed by atoms with Crippen molar-refractivity contribution >= 4 is 22.1 Å². The Morgan fingerprint density at radius 2 is 1.39 bits per heavy atom. The summed E-state index contributed by atoms with van der Waals surface area (Å²) in [5.74, 6) is 0. The van der Waals surface area contributed by atoms with E-state index >= 15 is 0 Å². The fourth-order valence-corrected chi connectivity index (χ4v) is 3.93. The number of pyridine rings is 2. The van der Waals surface area contributed by atoms with Gasteiger partial charge in [-0.05, 0) is 62.2 Å². The van der Waals surface area contributed by atoms with Crippen molar-refractivity contribution in [2.75, 3.05) is 0 Å². The largest absolute Gasteiger partial charge is 0.437 e. The van der Waals surface area contributed by atoms with Crippen LogP contribution in [0.25, 0.3) is 44.6 Å². The monoisotopic (exact) mass is 364 g/mol. The second-order valence-electron chi connectivity index (χ2n) is 7.26. The fourth-order valence-electron chi connectivity index (χ4n) is 3.93. The smallest absolute Gasteiger partial charge is 0.227 e. The van der Waals surface area contributed by atoms with Gasteiger partial charge in [0.15, 0.2) is 0 Å². The zero-order valence-electron chi connectivity index (χ0n) is 16.2. The maximum absolute atomic E-state index is 6.27. The molecule has 0 aliphatic carbocycles. The number of para-hydroxylation sites is 1. The van der Waals surface area contributed by atoms with Crippen molar-refractivity contribution in [1.29, 1.82) is 0 Å². The standard InChI is InChI=1S/C25H20N2O/c1-15-7-4-8-16(2)23(15)22-14-13-19-18-10-6-11-20(24(18)28-25(19)27-22)21-12-5-9-17(3)26-21/h4-14H,1-3H3. The topological polar surface area (TPSA) is 38.9 Å². The number of rotatable bonds is 2. The summed E-state index contributed by atoms with van der Waals surface area (Å²) >= 11 is 0. The lowest BCUT2D eigenvalue weighted by atomic mass is 9.99. The summed E-state index contributed by atoms with van der Waals surface area (Å²) in [4.78, 5) is 9.54. The third-order valence-electron chi connectivity index (χ3n) is 5.27. The van der Waals surface area contributed by atoms with Gasteiger partial charge < -0.3 is 4.42 Å². The van der Waals surface area contributed by atoms with E-state index in [1.807, 2.05) is 25.1 Å². The highest BCUT2D eigenvalue weighted by Crippen LogP contribution is 2.36. The predicted molar refractivity (Wildman–Crippen MR) is 114 cm³/mol. The predicted octanol–water partition coefficient (Wildman–Crippen LogP) is 6.64. The molecule has 3 nitrogen and oxygen atoms in total. The van der Waals surface area contributed by atoms with Crippen molar-refractivity contribution < 1.29 is 4.42 Å². The minimum Gasteiger partial charge on any atom is -0.437 e. The van der Waals surface area contributed by atoms with E-state index in [2.05, 4.69) is 67.4 Å². The van der Waals surface area contributed by atoms with Crippen LogP contribution < -0.4 is 0 Å². The van der Waals surface area contributed by atoms with Crippen molar-refractivity contribution in [3.05, 3.63) is 83.6 Å². The van der Waals surface area contributed by atoms with E-state index in [0.717, 1.165) is 39.0 Å². The maximum Gasteiger partial charge on any atom is 0.227 e. The number of furan rings is 1. The molecule has 136 valence electrons. The van der Waals surface area contributed by atoms with Crippen LogP contribution in [0.2, 0.25) is 0 Å². The van der Waals surface area contributed by atoms with E-state index < -0.39 is 0 Å². The summed E-state index contributed by atoms with van der Waals surface area (Å²) in [5, 5.41) is 2.09. The first-order chi connectivity index (χ1) is 13.6. The van der Waals surface area contributed by atoms with Crippen molar-refractivity contribution in [1.82, 2.24) is 9.97 Å². The molecule has 0 aliphatic heterocycles. The van der Waals surface area contributed by atoms with Gasteiger partial charge in [-0.25, -0.2) is 4.98 Å². The van der Waals surface area contributed by atoms with Crippen LogP contribution in [0.1, 0.15) is 16.8 Å². The first kappa shape index (κ1) is 16.7. The van der Waals surface area contributed by atoms with Crippen LogP contribution in [0.5, 0.6) is 0 Å². The molecule has 3 heteroatoms. The van der Waals surface area contributed by atoms with Gasteiger partial charge in [0.1, 0.15) is 5.58 Å². The van der Waals surface area contributed by atoms with Crippen LogP contribution in [-0.2, 0) is 0 Å². The van der Waals surface area contributed by atoms with E-state index in [4.69, 9.17) is 9.40 Å². The van der Waals surface area contributed by atoms with Crippen molar-refractivity contribution in [3.63, 3.8) is 0 Å². The summed E-state index contributed by atoms with van der Waals surface area (Å²) in [6.07, 6.45) is 0. The molecule has 0 amide bonds. The molecule has 2 aromatic carbocycles. The molecule has 28 heavy (non-hydrogen) atoms. The molecular formula is C25H20N2O. The molecule has 3 aromatic heterocycles. The fraction of sp³-hybridized carbons (Fsp3) is 0.120. The van der Waals surface area contributed by atoms with Crippen LogP contribution in [0, 0.1) is 20.8 Å². The minimum absolute atomic E-state index is 0.662. The lowest BCUT2D eigenvalue weighted by Gasteiger charge is -2.08. The van der Waals surface area contributed by atoms with Crippen molar-refractivity contribution in [3.8, 4) is 22.5 Å². The number of aryl methyl sites for hydroxylation is 3. The molecule has 0 aliphatic rings. The average molecular weight is 364 g/mol. The molecule has 5 aromatic rings. The highest BCUT2D eigenvalue weighted by atomic mass is 16.3. The van der Waals surface area contributed by atoms with E-state index in [0.29, 0.717) is 5.71 Å². The van der Waals surface area contributed by atoms with Gasteiger partial charge in [0.25, 0.3) is 0 Å². The van der Waals surface area contributed by atoms with E-state index in [1.165, 1.54) is 16.7 Å². The molecule has 0 radical (unpaired) electrons. The van der Waals surface area contributed by atoms with Crippen LogP contribution >= 0.6 is 0 Å². The van der Waals surface area contributed by atoms with E-state index in [9.17, 15) is 0 Å². The lowest BCUT2D eigenvalue weighted by Crippen LogP contribution is -1.90. The second kappa shape index (κ2) is 6.31. The summed E-state index contributed by atoms with van der Waals surface area (Å²) in [6, 6.07) is 22.8. The molecule has 0 unspecified atom stereocenters. The Labute approximate surface area is 163 Å². The zero-order chi connectivity index (χ0) is 19.3. The van der Waals surface area contributed by atoms with Gasteiger partial charge in [-0.1, -0.05) is 36.4 Å². The maximum atomic E-state index is 6.27. The van der Waals surface area contributed by atoms with Crippen LogP contribution in [-0.4, -0.2) is 9.97 Å². The first-order valence-corrected chi connectivity index (χ1v) is 9.45. The molecule has 5 rings (SSSR count). The SMILES string of the molecule is Cc1cccc(-c2cccc3c2oc2nc(-c4c(C)cccc4C)ccc23)n1. The van der Waals surface area contributed by atoms with Crippen molar-refractivity contribution in [2.45, 2.75) is 20.8 Å².